The summed E-state index contributed by atoms with van der Waals surface area (Å²) >= 11 is 0. The summed E-state index contributed by atoms with van der Waals surface area (Å²) in [5.41, 5.74) is 2.37. The lowest BCUT2D eigenvalue weighted by Crippen LogP contribution is -2.38. The minimum Gasteiger partial charge on any atom is -0.350 e. The lowest BCUT2D eigenvalue weighted by atomic mass is 10.1. The number of carbonyl (C=O) groups is 2. The van der Waals surface area contributed by atoms with Gasteiger partial charge in [0.1, 0.15) is 0 Å². The van der Waals surface area contributed by atoms with E-state index in [-0.39, 0.29) is 18.4 Å². The Bertz CT molecular complexity index is 735. The molecule has 0 aliphatic carbocycles. The SMILES string of the molecule is CN1CCCN(C(=O)CCc2cn(C)c3ccccc23)CC1=O. The van der Waals surface area contributed by atoms with Gasteiger partial charge in [0.25, 0.3) is 0 Å². The number of para-hydroxylation sites is 1. The number of likely N-dealkylation sites (N-methyl/N-ethyl adjacent to an activating group) is 1. The fraction of sp³-hybridized carbons (Fsp3) is 0.444. The van der Waals surface area contributed by atoms with Gasteiger partial charge < -0.3 is 14.4 Å². The van der Waals surface area contributed by atoms with E-state index in [4.69, 9.17) is 0 Å². The van der Waals surface area contributed by atoms with Crippen LogP contribution in [0.15, 0.2) is 30.5 Å². The Morgan fingerprint density at radius 3 is 2.78 bits per heavy atom. The summed E-state index contributed by atoms with van der Waals surface area (Å²) in [5.74, 6) is 0.0996. The van der Waals surface area contributed by atoms with E-state index >= 15 is 0 Å². The third kappa shape index (κ3) is 3.23. The van der Waals surface area contributed by atoms with Gasteiger partial charge in [0.15, 0.2) is 0 Å². The van der Waals surface area contributed by atoms with E-state index in [9.17, 15) is 9.59 Å². The molecule has 1 saturated heterocycles. The Morgan fingerprint density at radius 2 is 1.96 bits per heavy atom. The Hall–Kier alpha value is -2.30. The molecular weight excluding hydrogens is 290 g/mol. The fourth-order valence-corrected chi connectivity index (χ4v) is 3.22. The summed E-state index contributed by atoms with van der Waals surface area (Å²) in [6.07, 6.45) is 4.10. The molecule has 1 fully saturated rings. The van der Waals surface area contributed by atoms with Crippen molar-refractivity contribution in [3.8, 4) is 0 Å². The van der Waals surface area contributed by atoms with Crippen molar-refractivity contribution >= 4 is 22.7 Å². The zero-order valence-corrected chi connectivity index (χ0v) is 13.8. The predicted molar refractivity (Wildman–Crippen MR) is 90.1 cm³/mol. The normalized spacial score (nSPS) is 16.0. The molecule has 1 aliphatic heterocycles. The van der Waals surface area contributed by atoms with E-state index in [1.807, 2.05) is 19.2 Å². The van der Waals surface area contributed by atoms with Crippen molar-refractivity contribution in [2.45, 2.75) is 19.3 Å². The third-order valence-electron chi connectivity index (χ3n) is 4.61. The van der Waals surface area contributed by atoms with E-state index < -0.39 is 0 Å². The van der Waals surface area contributed by atoms with E-state index in [1.165, 1.54) is 16.5 Å². The van der Waals surface area contributed by atoms with Gasteiger partial charge in [-0.25, -0.2) is 0 Å². The van der Waals surface area contributed by atoms with Crippen molar-refractivity contribution in [1.29, 1.82) is 0 Å². The Kier molecular flexibility index (Phi) is 4.37. The molecule has 0 saturated carbocycles. The summed E-state index contributed by atoms with van der Waals surface area (Å²) < 4.78 is 2.10. The first-order chi connectivity index (χ1) is 11.1. The van der Waals surface area contributed by atoms with Crippen LogP contribution in [0.1, 0.15) is 18.4 Å². The standard InChI is InChI=1S/C18H23N3O2/c1-19-10-5-11-21(13-18(19)23)17(22)9-8-14-12-20(2)16-7-4-3-6-15(14)16/h3-4,6-7,12H,5,8-11,13H2,1-2H3. The van der Waals surface area contributed by atoms with Crippen LogP contribution in [0.3, 0.4) is 0 Å². The highest BCUT2D eigenvalue weighted by molar-refractivity contribution is 5.87. The topological polar surface area (TPSA) is 45.5 Å². The Balaban J connectivity index is 1.67. The molecule has 3 rings (SSSR count). The summed E-state index contributed by atoms with van der Waals surface area (Å²) in [5, 5.41) is 1.20. The van der Waals surface area contributed by atoms with Crippen molar-refractivity contribution in [2.24, 2.45) is 7.05 Å². The zero-order valence-electron chi connectivity index (χ0n) is 13.8. The Morgan fingerprint density at radius 1 is 1.17 bits per heavy atom. The van der Waals surface area contributed by atoms with Crippen molar-refractivity contribution in [1.82, 2.24) is 14.4 Å². The number of aromatic nitrogens is 1. The molecule has 1 aromatic heterocycles. The van der Waals surface area contributed by atoms with Gasteiger partial charge in [0.2, 0.25) is 11.8 Å². The molecule has 1 aliphatic rings. The van der Waals surface area contributed by atoms with E-state index in [0.717, 1.165) is 13.0 Å². The van der Waals surface area contributed by atoms with Crippen LogP contribution in [0.25, 0.3) is 10.9 Å². The number of aryl methyl sites for hydroxylation is 2. The molecule has 0 spiro atoms. The molecule has 2 amide bonds. The van der Waals surface area contributed by atoms with Crippen LogP contribution in [-0.4, -0.2) is 52.9 Å². The van der Waals surface area contributed by atoms with Gasteiger partial charge in [0.05, 0.1) is 6.54 Å². The number of benzene rings is 1. The van der Waals surface area contributed by atoms with Crippen molar-refractivity contribution in [3.05, 3.63) is 36.0 Å². The van der Waals surface area contributed by atoms with Crippen molar-refractivity contribution < 1.29 is 9.59 Å². The minimum atomic E-state index is 0.0287. The number of fused-ring (bicyclic) bond motifs is 1. The van der Waals surface area contributed by atoms with Gasteiger partial charge in [0, 0.05) is 50.7 Å². The molecule has 2 heterocycles. The molecule has 2 aromatic rings. The van der Waals surface area contributed by atoms with Crippen molar-refractivity contribution in [2.75, 3.05) is 26.7 Å². The van der Waals surface area contributed by atoms with Crippen LogP contribution < -0.4 is 0 Å². The minimum absolute atomic E-state index is 0.0287. The van der Waals surface area contributed by atoms with Crippen LogP contribution >= 0.6 is 0 Å². The second-order valence-corrected chi connectivity index (χ2v) is 6.27. The molecule has 0 atom stereocenters. The lowest BCUT2D eigenvalue weighted by Gasteiger charge is -2.19. The van der Waals surface area contributed by atoms with Crippen LogP contribution in [0.4, 0.5) is 0 Å². The maximum absolute atomic E-state index is 12.5. The number of amides is 2. The molecule has 0 N–H and O–H groups in total. The van der Waals surface area contributed by atoms with E-state index in [2.05, 4.69) is 22.9 Å². The second-order valence-electron chi connectivity index (χ2n) is 6.27. The van der Waals surface area contributed by atoms with Crippen molar-refractivity contribution in [3.63, 3.8) is 0 Å². The first-order valence-electron chi connectivity index (χ1n) is 8.11. The smallest absolute Gasteiger partial charge is 0.241 e. The average molecular weight is 313 g/mol. The first kappa shape index (κ1) is 15.6. The van der Waals surface area contributed by atoms with Gasteiger partial charge in [-0.15, -0.1) is 0 Å². The van der Waals surface area contributed by atoms with E-state index in [0.29, 0.717) is 19.4 Å². The largest absolute Gasteiger partial charge is 0.350 e. The highest BCUT2D eigenvalue weighted by Crippen LogP contribution is 2.21. The van der Waals surface area contributed by atoms with E-state index in [1.54, 1.807) is 16.8 Å². The number of rotatable bonds is 3. The number of hydrogen-bond donors (Lipinski definition) is 0. The predicted octanol–water partition coefficient (Wildman–Crippen LogP) is 1.80. The zero-order chi connectivity index (χ0) is 16.4. The van der Waals surface area contributed by atoms with Crippen LogP contribution in [0, 0.1) is 0 Å². The number of carbonyl (C=O) groups excluding carboxylic acids is 2. The third-order valence-corrected chi connectivity index (χ3v) is 4.61. The molecule has 5 nitrogen and oxygen atoms in total. The van der Waals surface area contributed by atoms with Gasteiger partial charge in [-0.1, -0.05) is 18.2 Å². The molecule has 122 valence electrons. The maximum atomic E-state index is 12.5. The Labute approximate surface area is 136 Å². The van der Waals surface area contributed by atoms with Gasteiger partial charge >= 0.3 is 0 Å². The number of hydrogen-bond acceptors (Lipinski definition) is 2. The summed E-state index contributed by atoms with van der Waals surface area (Å²) in [6, 6.07) is 8.23. The first-order valence-corrected chi connectivity index (χ1v) is 8.11. The molecule has 23 heavy (non-hydrogen) atoms. The van der Waals surface area contributed by atoms with Crippen LogP contribution in [-0.2, 0) is 23.1 Å². The summed E-state index contributed by atoms with van der Waals surface area (Å²) in [4.78, 5) is 27.8. The fourth-order valence-electron chi connectivity index (χ4n) is 3.22. The lowest BCUT2D eigenvalue weighted by molar-refractivity contribution is -0.138. The molecule has 0 bridgehead atoms. The second kappa shape index (κ2) is 6.44. The quantitative estimate of drug-likeness (QED) is 0.867. The molecule has 1 aromatic carbocycles. The van der Waals surface area contributed by atoms with Gasteiger partial charge in [-0.3, -0.25) is 9.59 Å². The highest BCUT2D eigenvalue weighted by atomic mass is 16.2. The van der Waals surface area contributed by atoms with Crippen LogP contribution in [0.5, 0.6) is 0 Å². The summed E-state index contributed by atoms with van der Waals surface area (Å²) in [7, 11) is 3.82. The molecular formula is C18H23N3O2. The number of nitrogens with zero attached hydrogens (tertiary/aromatic N) is 3. The molecule has 0 radical (unpaired) electrons. The molecule has 0 unspecified atom stereocenters. The average Bonchev–Trinajstić information content (AvgIpc) is 2.77. The maximum Gasteiger partial charge on any atom is 0.241 e. The molecule has 5 heteroatoms. The van der Waals surface area contributed by atoms with Crippen LogP contribution in [0.2, 0.25) is 0 Å². The van der Waals surface area contributed by atoms with Gasteiger partial charge in [-0.2, -0.15) is 0 Å². The monoisotopic (exact) mass is 313 g/mol. The highest BCUT2D eigenvalue weighted by Gasteiger charge is 2.22. The van der Waals surface area contributed by atoms with Gasteiger partial charge in [-0.05, 0) is 24.5 Å². The summed E-state index contributed by atoms with van der Waals surface area (Å²) in [6.45, 7) is 1.61.